The molecule has 0 radical (unpaired) electrons. The van der Waals surface area contributed by atoms with Crippen LogP contribution in [0.2, 0.25) is 0 Å². The Kier molecular flexibility index (Phi) is 5.03. The van der Waals surface area contributed by atoms with E-state index in [2.05, 4.69) is 10.1 Å². The lowest BCUT2D eigenvalue weighted by Gasteiger charge is -2.17. The summed E-state index contributed by atoms with van der Waals surface area (Å²) in [6.07, 6.45) is 4.32. The molecule has 0 saturated heterocycles. The zero-order chi connectivity index (χ0) is 21.0. The van der Waals surface area contributed by atoms with Crippen LogP contribution < -0.4 is 11.1 Å². The Hall–Kier alpha value is -2.04. The van der Waals surface area contributed by atoms with Gasteiger partial charge >= 0.3 is 0 Å². The fourth-order valence-corrected chi connectivity index (χ4v) is 7.09. The predicted octanol–water partition coefficient (Wildman–Crippen LogP) is 4.26. The molecule has 1 saturated carbocycles. The summed E-state index contributed by atoms with van der Waals surface area (Å²) in [5.74, 6) is 0.542. The summed E-state index contributed by atoms with van der Waals surface area (Å²) in [6.45, 7) is 5.86. The first kappa shape index (κ1) is 19.9. The molecule has 30 heavy (non-hydrogen) atoms. The van der Waals surface area contributed by atoms with Crippen LogP contribution in [0.4, 0.5) is 0 Å². The fourth-order valence-electron chi connectivity index (χ4n) is 4.02. The van der Waals surface area contributed by atoms with Crippen molar-refractivity contribution < 1.29 is 0 Å². The summed E-state index contributed by atoms with van der Waals surface area (Å²) >= 11 is 4.51. The van der Waals surface area contributed by atoms with Crippen LogP contribution in [0.15, 0.2) is 20.8 Å². The third-order valence-corrected chi connectivity index (χ3v) is 8.79. The van der Waals surface area contributed by atoms with Crippen molar-refractivity contribution in [2.45, 2.75) is 63.4 Å². The minimum Gasteiger partial charge on any atom is -0.284 e. The standard InChI is InChI=1S/C20H21N5O2S3/c1-10-8-15(26)25-20(21-10)30-14(23-25)9-28-19-22-17-16(11(2)12(3)29-17)18(27)24(19)13-6-4-5-7-13/h8,13H,4-7,9H2,1-3H3. The third kappa shape index (κ3) is 3.30. The molecular weight excluding hydrogens is 438 g/mol. The molecule has 4 aromatic heterocycles. The number of fused-ring (bicyclic) bond motifs is 2. The molecule has 0 spiro atoms. The van der Waals surface area contributed by atoms with Gasteiger partial charge in [-0.1, -0.05) is 35.9 Å². The van der Waals surface area contributed by atoms with Gasteiger partial charge in [0.1, 0.15) is 9.84 Å². The Bertz CT molecular complexity index is 1390. The van der Waals surface area contributed by atoms with Gasteiger partial charge in [0.25, 0.3) is 11.1 Å². The Morgan fingerprint density at radius 1 is 1.13 bits per heavy atom. The molecule has 156 valence electrons. The van der Waals surface area contributed by atoms with Crippen molar-refractivity contribution in [2.24, 2.45) is 0 Å². The Morgan fingerprint density at radius 3 is 2.67 bits per heavy atom. The quantitative estimate of drug-likeness (QED) is 0.335. The van der Waals surface area contributed by atoms with Gasteiger partial charge in [-0.2, -0.15) is 9.61 Å². The summed E-state index contributed by atoms with van der Waals surface area (Å²) in [5.41, 5.74) is 1.64. The SMILES string of the molecule is Cc1cc(=O)n2nc(CSc3nc4sc(C)c(C)c4c(=O)n3C3CCCC3)sc2n1. The Labute approximate surface area is 184 Å². The lowest BCUT2D eigenvalue weighted by atomic mass is 10.2. The van der Waals surface area contributed by atoms with E-state index in [1.165, 1.54) is 33.7 Å². The molecule has 4 aromatic rings. The molecule has 4 heterocycles. The first-order chi connectivity index (χ1) is 14.4. The Morgan fingerprint density at radius 2 is 1.90 bits per heavy atom. The molecule has 0 amide bonds. The molecule has 10 heteroatoms. The van der Waals surface area contributed by atoms with E-state index in [4.69, 9.17) is 4.98 Å². The topological polar surface area (TPSA) is 82.2 Å². The van der Waals surface area contributed by atoms with Crippen molar-refractivity contribution in [3.05, 3.63) is 47.9 Å². The van der Waals surface area contributed by atoms with Gasteiger partial charge in [0.15, 0.2) is 5.16 Å². The highest BCUT2D eigenvalue weighted by Gasteiger charge is 2.25. The molecule has 0 bridgehead atoms. The van der Waals surface area contributed by atoms with E-state index in [0.717, 1.165) is 56.5 Å². The molecule has 1 aliphatic carbocycles. The third-order valence-electron chi connectivity index (χ3n) is 5.63. The minimum atomic E-state index is -0.169. The van der Waals surface area contributed by atoms with Gasteiger partial charge in [0.05, 0.1) is 11.1 Å². The first-order valence-electron chi connectivity index (χ1n) is 9.94. The fraction of sp³-hybridized carbons (Fsp3) is 0.450. The number of rotatable bonds is 4. The van der Waals surface area contributed by atoms with E-state index in [-0.39, 0.29) is 17.2 Å². The summed E-state index contributed by atoms with van der Waals surface area (Å²) in [4.78, 5) is 37.4. The number of nitrogens with zero attached hydrogens (tertiary/aromatic N) is 5. The second-order valence-corrected chi connectivity index (χ2v) is 10.9. The highest BCUT2D eigenvalue weighted by Crippen LogP contribution is 2.35. The van der Waals surface area contributed by atoms with Crippen molar-refractivity contribution in [2.75, 3.05) is 0 Å². The summed E-state index contributed by atoms with van der Waals surface area (Å²) < 4.78 is 3.27. The second kappa shape index (κ2) is 7.58. The number of aryl methyl sites for hydroxylation is 3. The van der Waals surface area contributed by atoms with Crippen LogP contribution in [-0.4, -0.2) is 24.1 Å². The summed E-state index contributed by atoms with van der Waals surface area (Å²) in [5, 5.41) is 6.73. The maximum atomic E-state index is 13.5. The highest BCUT2D eigenvalue weighted by molar-refractivity contribution is 7.98. The number of aromatic nitrogens is 5. The lowest BCUT2D eigenvalue weighted by Crippen LogP contribution is -2.26. The maximum absolute atomic E-state index is 13.5. The van der Waals surface area contributed by atoms with E-state index >= 15 is 0 Å². The van der Waals surface area contributed by atoms with Crippen LogP contribution in [0.25, 0.3) is 15.2 Å². The zero-order valence-electron chi connectivity index (χ0n) is 17.0. The second-order valence-electron chi connectivity index (χ2n) is 7.69. The molecule has 1 fully saturated rings. The zero-order valence-corrected chi connectivity index (χ0v) is 19.4. The van der Waals surface area contributed by atoms with Crippen molar-refractivity contribution in [3.63, 3.8) is 0 Å². The number of thiophene rings is 1. The Balaban J connectivity index is 1.56. The molecule has 5 rings (SSSR count). The van der Waals surface area contributed by atoms with E-state index in [1.54, 1.807) is 18.3 Å². The van der Waals surface area contributed by atoms with Crippen LogP contribution in [0, 0.1) is 20.8 Å². The van der Waals surface area contributed by atoms with E-state index in [9.17, 15) is 9.59 Å². The molecular formula is C20H21N5O2S3. The van der Waals surface area contributed by atoms with Crippen molar-refractivity contribution >= 4 is 49.6 Å². The van der Waals surface area contributed by atoms with Gasteiger partial charge in [-0.05, 0) is 39.2 Å². The van der Waals surface area contributed by atoms with Crippen LogP contribution in [0.1, 0.15) is 52.9 Å². The van der Waals surface area contributed by atoms with Crippen molar-refractivity contribution in [3.8, 4) is 0 Å². The minimum absolute atomic E-state index is 0.0778. The molecule has 1 aliphatic rings. The monoisotopic (exact) mass is 459 g/mol. The van der Waals surface area contributed by atoms with Gasteiger partial charge in [-0.3, -0.25) is 14.2 Å². The molecule has 0 unspecified atom stereocenters. The van der Waals surface area contributed by atoms with Crippen LogP contribution in [0.3, 0.4) is 0 Å². The molecule has 7 nitrogen and oxygen atoms in total. The molecule has 0 aromatic carbocycles. The van der Waals surface area contributed by atoms with E-state index in [0.29, 0.717) is 16.4 Å². The van der Waals surface area contributed by atoms with E-state index in [1.807, 2.05) is 18.4 Å². The average Bonchev–Trinajstić information content (AvgIpc) is 3.40. The normalized spacial score (nSPS) is 15.0. The number of hydrogen-bond donors (Lipinski definition) is 0. The van der Waals surface area contributed by atoms with Gasteiger partial charge < -0.3 is 0 Å². The first-order valence-corrected chi connectivity index (χ1v) is 12.6. The van der Waals surface area contributed by atoms with Crippen LogP contribution >= 0.6 is 34.4 Å². The number of thioether (sulfide) groups is 1. The van der Waals surface area contributed by atoms with Gasteiger partial charge in [-0.15, -0.1) is 11.3 Å². The van der Waals surface area contributed by atoms with Gasteiger partial charge in [0.2, 0.25) is 4.96 Å². The molecule has 0 aliphatic heterocycles. The molecule has 0 atom stereocenters. The maximum Gasteiger partial charge on any atom is 0.275 e. The van der Waals surface area contributed by atoms with Crippen LogP contribution in [-0.2, 0) is 5.75 Å². The highest BCUT2D eigenvalue weighted by atomic mass is 32.2. The summed E-state index contributed by atoms with van der Waals surface area (Å²) in [7, 11) is 0. The smallest absolute Gasteiger partial charge is 0.275 e. The van der Waals surface area contributed by atoms with Crippen molar-refractivity contribution in [1.29, 1.82) is 0 Å². The van der Waals surface area contributed by atoms with E-state index < -0.39 is 0 Å². The van der Waals surface area contributed by atoms with Gasteiger partial charge in [-0.25, -0.2) is 9.97 Å². The van der Waals surface area contributed by atoms with Crippen LogP contribution in [0.5, 0.6) is 0 Å². The number of hydrogen-bond acceptors (Lipinski definition) is 8. The average molecular weight is 460 g/mol. The largest absolute Gasteiger partial charge is 0.284 e. The van der Waals surface area contributed by atoms with Gasteiger partial charge in [0, 0.05) is 22.7 Å². The van der Waals surface area contributed by atoms with Crippen molar-refractivity contribution in [1.82, 2.24) is 24.1 Å². The molecule has 0 N–H and O–H groups in total. The predicted molar refractivity (Wildman–Crippen MR) is 122 cm³/mol. The lowest BCUT2D eigenvalue weighted by molar-refractivity contribution is 0.458. The summed E-state index contributed by atoms with van der Waals surface area (Å²) in [6, 6.07) is 1.69.